The van der Waals surface area contributed by atoms with Crippen molar-refractivity contribution in [2.75, 3.05) is 0 Å². The van der Waals surface area contributed by atoms with E-state index < -0.39 is 5.60 Å². The van der Waals surface area contributed by atoms with E-state index in [4.69, 9.17) is 0 Å². The molecular formula is C21H34O2. The summed E-state index contributed by atoms with van der Waals surface area (Å²) in [6, 6.07) is 0. The second-order valence-corrected chi connectivity index (χ2v) is 9.78. The third kappa shape index (κ3) is 2.00. The highest BCUT2D eigenvalue weighted by atomic mass is 16.3. The van der Waals surface area contributed by atoms with Crippen molar-refractivity contribution in [3.63, 3.8) is 0 Å². The van der Waals surface area contributed by atoms with Crippen LogP contribution in [-0.4, -0.2) is 16.5 Å². The van der Waals surface area contributed by atoms with E-state index in [1.165, 1.54) is 32.1 Å². The van der Waals surface area contributed by atoms with Gasteiger partial charge in [0, 0.05) is 12.8 Å². The normalized spacial score (nSPS) is 55.9. The molecule has 0 spiro atoms. The topological polar surface area (TPSA) is 37.3 Å². The van der Waals surface area contributed by atoms with Gasteiger partial charge in [-0.15, -0.1) is 0 Å². The van der Waals surface area contributed by atoms with Crippen LogP contribution >= 0.6 is 0 Å². The summed E-state index contributed by atoms with van der Waals surface area (Å²) in [5.41, 5.74) is 0.102. The predicted molar refractivity (Wildman–Crippen MR) is 92.0 cm³/mol. The van der Waals surface area contributed by atoms with E-state index >= 15 is 0 Å². The SMILES string of the molecule is CCC1(O)CCC2[C@H]3CCC4CC(=O)CC[C@]4(C)C3CC[C@@]21C. The van der Waals surface area contributed by atoms with Gasteiger partial charge in [-0.25, -0.2) is 0 Å². The largest absolute Gasteiger partial charge is 0.389 e. The maximum atomic E-state index is 11.9. The Morgan fingerprint density at radius 1 is 1.04 bits per heavy atom. The highest BCUT2D eigenvalue weighted by Gasteiger charge is 2.63. The molecule has 7 atom stereocenters. The Morgan fingerprint density at radius 3 is 2.52 bits per heavy atom. The molecule has 0 radical (unpaired) electrons. The molecule has 0 heterocycles. The minimum absolute atomic E-state index is 0.136. The zero-order valence-corrected chi connectivity index (χ0v) is 15.2. The quantitative estimate of drug-likeness (QED) is 0.758. The van der Waals surface area contributed by atoms with E-state index in [2.05, 4.69) is 20.8 Å². The Morgan fingerprint density at radius 2 is 1.78 bits per heavy atom. The molecule has 0 bridgehead atoms. The zero-order chi connectivity index (χ0) is 16.5. The van der Waals surface area contributed by atoms with Gasteiger partial charge in [-0.3, -0.25) is 4.79 Å². The van der Waals surface area contributed by atoms with E-state index in [0.29, 0.717) is 23.0 Å². The lowest BCUT2D eigenvalue weighted by molar-refractivity contribution is -0.157. The molecule has 1 N–H and O–H groups in total. The molecule has 0 aliphatic heterocycles. The minimum Gasteiger partial charge on any atom is -0.389 e. The Kier molecular flexibility index (Phi) is 3.55. The van der Waals surface area contributed by atoms with Crippen LogP contribution in [0.3, 0.4) is 0 Å². The number of Topliss-reactive ketones (excluding diaryl/α,β-unsaturated/α-hetero) is 1. The van der Waals surface area contributed by atoms with Gasteiger partial charge in [-0.2, -0.15) is 0 Å². The van der Waals surface area contributed by atoms with Crippen molar-refractivity contribution in [3.05, 3.63) is 0 Å². The van der Waals surface area contributed by atoms with Crippen molar-refractivity contribution in [2.45, 2.75) is 90.6 Å². The summed E-state index contributed by atoms with van der Waals surface area (Å²) in [6.45, 7) is 7.07. The number of fused-ring (bicyclic) bond motifs is 5. The lowest BCUT2D eigenvalue weighted by Gasteiger charge is -2.61. The first-order chi connectivity index (χ1) is 10.8. The van der Waals surface area contributed by atoms with Crippen LogP contribution in [0.5, 0.6) is 0 Å². The zero-order valence-electron chi connectivity index (χ0n) is 15.2. The number of carbonyl (C=O) groups excluding carboxylic acids is 1. The van der Waals surface area contributed by atoms with Crippen LogP contribution in [0.15, 0.2) is 0 Å². The second-order valence-electron chi connectivity index (χ2n) is 9.78. The molecule has 4 aliphatic rings. The number of ketones is 1. The van der Waals surface area contributed by atoms with E-state index in [1.807, 2.05) is 0 Å². The smallest absolute Gasteiger partial charge is 0.133 e. The molecule has 0 aromatic rings. The maximum Gasteiger partial charge on any atom is 0.133 e. The monoisotopic (exact) mass is 318 g/mol. The van der Waals surface area contributed by atoms with Crippen LogP contribution in [0.1, 0.15) is 85.0 Å². The van der Waals surface area contributed by atoms with Gasteiger partial charge >= 0.3 is 0 Å². The molecule has 4 aliphatic carbocycles. The van der Waals surface area contributed by atoms with Crippen molar-refractivity contribution in [1.29, 1.82) is 0 Å². The van der Waals surface area contributed by atoms with Gasteiger partial charge in [0.25, 0.3) is 0 Å². The Balaban J connectivity index is 1.64. The lowest BCUT2D eigenvalue weighted by Crippen LogP contribution is -2.56. The van der Waals surface area contributed by atoms with Gasteiger partial charge in [0.2, 0.25) is 0 Å². The van der Waals surface area contributed by atoms with Crippen LogP contribution < -0.4 is 0 Å². The Hall–Kier alpha value is -0.370. The predicted octanol–water partition coefficient (Wildman–Crippen LogP) is 4.74. The molecule has 23 heavy (non-hydrogen) atoms. The van der Waals surface area contributed by atoms with Crippen molar-refractivity contribution in [3.8, 4) is 0 Å². The van der Waals surface area contributed by atoms with Gasteiger partial charge in [0.15, 0.2) is 0 Å². The second kappa shape index (κ2) is 5.07. The maximum absolute atomic E-state index is 11.9. The first kappa shape index (κ1) is 16.1. The van der Waals surface area contributed by atoms with Gasteiger partial charge in [0.05, 0.1) is 5.60 Å². The average Bonchev–Trinajstić information content (AvgIpc) is 2.80. The van der Waals surface area contributed by atoms with E-state index in [-0.39, 0.29) is 5.41 Å². The third-order valence-electron chi connectivity index (χ3n) is 9.39. The molecule has 4 saturated carbocycles. The fourth-order valence-corrected chi connectivity index (χ4v) is 7.74. The van der Waals surface area contributed by atoms with Gasteiger partial charge in [0.1, 0.15) is 5.78 Å². The van der Waals surface area contributed by atoms with E-state index in [1.54, 1.807) is 0 Å². The summed E-state index contributed by atoms with van der Waals surface area (Å²) in [7, 11) is 0. The van der Waals surface area contributed by atoms with Crippen molar-refractivity contribution in [1.82, 2.24) is 0 Å². The van der Waals surface area contributed by atoms with Crippen molar-refractivity contribution >= 4 is 5.78 Å². The highest BCUT2D eigenvalue weighted by Crippen LogP contribution is 2.68. The van der Waals surface area contributed by atoms with E-state index in [0.717, 1.165) is 43.9 Å². The number of hydrogen-bond acceptors (Lipinski definition) is 2. The molecule has 2 nitrogen and oxygen atoms in total. The summed E-state index contributed by atoms with van der Waals surface area (Å²) in [4.78, 5) is 11.9. The van der Waals surface area contributed by atoms with Crippen LogP contribution in [-0.2, 0) is 4.79 Å². The molecule has 4 unspecified atom stereocenters. The molecule has 0 aromatic carbocycles. The van der Waals surface area contributed by atoms with E-state index in [9.17, 15) is 9.90 Å². The molecule has 130 valence electrons. The number of aliphatic hydroxyl groups is 1. The summed E-state index contributed by atoms with van der Waals surface area (Å²) >= 11 is 0. The molecule has 0 saturated heterocycles. The van der Waals surface area contributed by atoms with Crippen LogP contribution in [0.4, 0.5) is 0 Å². The van der Waals surface area contributed by atoms with Gasteiger partial charge < -0.3 is 5.11 Å². The first-order valence-corrected chi connectivity index (χ1v) is 10.1. The van der Waals surface area contributed by atoms with Crippen LogP contribution in [0.2, 0.25) is 0 Å². The standard InChI is InChI=1S/C21H34O2/c1-4-21(23)12-9-18-16-6-5-14-13-15(22)7-10-19(14,2)17(16)8-11-20(18,21)3/h14,16-18,23H,4-13H2,1-3H3/t14?,16-,17?,18?,19-,20-,21?/m0/s1. The van der Waals surface area contributed by atoms with Gasteiger partial charge in [-0.1, -0.05) is 20.8 Å². The summed E-state index contributed by atoms with van der Waals surface area (Å²) in [6.07, 6.45) is 11.0. The lowest BCUT2D eigenvalue weighted by atomic mass is 9.44. The molecular weight excluding hydrogens is 284 g/mol. The van der Waals surface area contributed by atoms with Crippen molar-refractivity contribution < 1.29 is 9.90 Å². The van der Waals surface area contributed by atoms with Gasteiger partial charge in [-0.05, 0) is 85.9 Å². The number of rotatable bonds is 1. The third-order valence-corrected chi connectivity index (χ3v) is 9.39. The van der Waals surface area contributed by atoms with Crippen molar-refractivity contribution in [2.24, 2.45) is 34.5 Å². The first-order valence-electron chi connectivity index (χ1n) is 10.1. The average molecular weight is 319 g/mol. The molecule has 4 fully saturated rings. The fourth-order valence-electron chi connectivity index (χ4n) is 7.74. The molecule has 0 amide bonds. The molecule has 2 heteroatoms. The number of hydrogen-bond donors (Lipinski definition) is 1. The van der Waals surface area contributed by atoms with Crippen LogP contribution in [0.25, 0.3) is 0 Å². The highest BCUT2D eigenvalue weighted by molar-refractivity contribution is 5.79. The Bertz CT molecular complexity index is 514. The molecule has 0 aromatic heterocycles. The minimum atomic E-state index is -0.428. The summed E-state index contributed by atoms with van der Waals surface area (Å²) in [5, 5.41) is 11.2. The fraction of sp³-hybridized carbons (Fsp3) is 0.952. The molecule has 4 rings (SSSR count). The Labute approximate surface area is 141 Å². The summed E-state index contributed by atoms with van der Waals surface area (Å²) < 4.78 is 0. The number of carbonyl (C=O) groups is 1. The summed E-state index contributed by atoms with van der Waals surface area (Å²) in [5.74, 6) is 3.45. The van der Waals surface area contributed by atoms with Crippen LogP contribution in [0, 0.1) is 34.5 Å².